The minimum absolute atomic E-state index is 0.00349. The van der Waals surface area contributed by atoms with Gasteiger partial charge in [0.2, 0.25) is 5.91 Å². The number of ether oxygens (including phenoxy) is 1. The highest BCUT2D eigenvalue weighted by Gasteiger charge is 2.33. The molecule has 1 aliphatic rings. The quantitative estimate of drug-likeness (QED) is 0.699. The number of aliphatic hydroxyl groups excluding tert-OH is 1. The van der Waals surface area contributed by atoms with Crippen molar-refractivity contribution in [1.29, 1.82) is 0 Å². The van der Waals surface area contributed by atoms with Crippen LogP contribution in [0, 0.1) is 0 Å². The largest absolute Gasteiger partial charge is 0.394 e. The summed E-state index contributed by atoms with van der Waals surface area (Å²) in [6.45, 7) is 1.22. The van der Waals surface area contributed by atoms with Crippen molar-refractivity contribution in [3.63, 3.8) is 0 Å². The molecule has 82 valence electrons. The second-order valence-corrected chi connectivity index (χ2v) is 4.40. The Hall–Kier alpha value is -0.260. The van der Waals surface area contributed by atoms with Gasteiger partial charge in [-0.25, -0.2) is 0 Å². The maximum Gasteiger partial charge on any atom is 0.230 e. The van der Waals surface area contributed by atoms with Crippen LogP contribution in [0.2, 0.25) is 0 Å². The van der Waals surface area contributed by atoms with E-state index in [1.54, 1.807) is 0 Å². The van der Waals surface area contributed by atoms with Crippen molar-refractivity contribution in [3.8, 4) is 0 Å². The Bertz CT molecular complexity index is 192. The summed E-state index contributed by atoms with van der Waals surface area (Å²) in [5, 5.41) is 12.2. The second-order valence-electron chi connectivity index (χ2n) is 3.53. The third-order valence-electron chi connectivity index (χ3n) is 2.43. The fraction of sp³-hybridized carbons (Fsp3) is 0.889. The molecule has 0 bridgehead atoms. The molecule has 2 N–H and O–H groups in total. The number of hydrogen-bond acceptors (Lipinski definition) is 4. The van der Waals surface area contributed by atoms with Crippen LogP contribution in [0.25, 0.3) is 0 Å². The number of amides is 1. The van der Waals surface area contributed by atoms with Crippen molar-refractivity contribution in [2.24, 2.45) is 0 Å². The molecule has 0 aromatic heterocycles. The number of carbonyl (C=O) groups excluding carboxylic acids is 1. The van der Waals surface area contributed by atoms with Gasteiger partial charge in [-0.3, -0.25) is 4.79 Å². The highest BCUT2D eigenvalue weighted by atomic mass is 32.2. The van der Waals surface area contributed by atoms with Gasteiger partial charge in [-0.2, -0.15) is 11.8 Å². The van der Waals surface area contributed by atoms with E-state index in [0.717, 1.165) is 0 Å². The van der Waals surface area contributed by atoms with E-state index in [9.17, 15) is 9.90 Å². The lowest BCUT2D eigenvalue weighted by molar-refractivity contribution is -0.122. The summed E-state index contributed by atoms with van der Waals surface area (Å²) in [7, 11) is 0. The van der Waals surface area contributed by atoms with Gasteiger partial charge in [0.1, 0.15) is 0 Å². The van der Waals surface area contributed by atoms with E-state index in [-0.39, 0.29) is 12.5 Å². The Morgan fingerprint density at radius 2 is 2.21 bits per heavy atom. The molecular formula is C9H17NO3S. The minimum Gasteiger partial charge on any atom is -0.394 e. The molecule has 0 saturated carbocycles. The fourth-order valence-electron chi connectivity index (χ4n) is 1.55. The van der Waals surface area contributed by atoms with Gasteiger partial charge in [-0.1, -0.05) is 0 Å². The lowest BCUT2D eigenvalue weighted by atomic mass is 9.91. The van der Waals surface area contributed by atoms with Crippen LogP contribution in [0.1, 0.15) is 12.8 Å². The number of aliphatic hydroxyl groups is 1. The molecule has 0 atom stereocenters. The topological polar surface area (TPSA) is 58.6 Å². The maximum absolute atomic E-state index is 11.4. The highest BCUT2D eigenvalue weighted by molar-refractivity contribution is 7.99. The van der Waals surface area contributed by atoms with Crippen molar-refractivity contribution in [2.45, 2.75) is 18.4 Å². The van der Waals surface area contributed by atoms with Gasteiger partial charge >= 0.3 is 0 Å². The fourth-order valence-corrected chi connectivity index (χ4v) is 1.88. The van der Waals surface area contributed by atoms with Gasteiger partial charge in [-0.05, 0) is 19.1 Å². The molecule has 4 nitrogen and oxygen atoms in total. The Morgan fingerprint density at radius 3 is 2.71 bits per heavy atom. The second kappa shape index (κ2) is 5.58. The van der Waals surface area contributed by atoms with Crippen molar-refractivity contribution in [1.82, 2.24) is 5.32 Å². The molecule has 0 unspecified atom stereocenters. The molecule has 0 spiro atoms. The first-order valence-electron chi connectivity index (χ1n) is 4.71. The summed E-state index contributed by atoms with van der Waals surface area (Å²) >= 11 is 1.48. The average molecular weight is 219 g/mol. The molecule has 0 aromatic carbocycles. The Labute approximate surface area is 88.4 Å². The van der Waals surface area contributed by atoms with Crippen molar-refractivity contribution < 1.29 is 14.6 Å². The van der Waals surface area contributed by atoms with Gasteiger partial charge < -0.3 is 15.2 Å². The van der Waals surface area contributed by atoms with E-state index in [0.29, 0.717) is 31.8 Å². The summed E-state index contributed by atoms with van der Waals surface area (Å²) < 4.78 is 5.20. The van der Waals surface area contributed by atoms with E-state index >= 15 is 0 Å². The monoisotopic (exact) mass is 219 g/mol. The van der Waals surface area contributed by atoms with Crippen molar-refractivity contribution >= 4 is 17.7 Å². The SMILES string of the molecule is CSCC(=O)NC1(CO)CCOCC1. The standard InChI is InChI=1S/C9H17NO3S/c1-14-6-8(12)10-9(7-11)2-4-13-5-3-9/h11H,2-7H2,1H3,(H,10,12). The van der Waals surface area contributed by atoms with Gasteiger partial charge in [-0.15, -0.1) is 0 Å². The first-order chi connectivity index (χ1) is 6.72. The predicted molar refractivity (Wildman–Crippen MR) is 56.4 cm³/mol. The summed E-state index contributed by atoms with van der Waals surface area (Å²) in [6, 6.07) is 0. The van der Waals surface area contributed by atoms with Crippen LogP contribution in [-0.4, -0.2) is 48.4 Å². The Balaban J connectivity index is 2.47. The number of thioether (sulfide) groups is 1. The number of hydrogen-bond donors (Lipinski definition) is 2. The van der Waals surface area contributed by atoms with Crippen LogP contribution in [0.15, 0.2) is 0 Å². The third-order valence-corrected chi connectivity index (χ3v) is 2.98. The summed E-state index contributed by atoms with van der Waals surface area (Å²) in [5.41, 5.74) is -0.439. The highest BCUT2D eigenvalue weighted by Crippen LogP contribution is 2.19. The van der Waals surface area contributed by atoms with Crippen LogP contribution in [-0.2, 0) is 9.53 Å². The first kappa shape index (κ1) is 11.8. The van der Waals surface area contributed by atoms with Crippen LogP contribution < -0.4 is 5.32 Å². The average Bonchev–Trinajstić information content (AvgIpc) is 2.19. The van der Waals surface area contributed by atoms with Crippen LogP contribution in [0.3, 0.4) is 0 Å². The normalized spacial score (nSPS) is 20.4. The van der Waals surface area contributed by atoms with Gasteiger partial charge in [0.05, 0.1) is 17.9 Å². The molecular weight excluding hydrogens is 202 g/mol. The smallest absolute Gasteiger partial charge is 0.230 e. The number of nitrogens with one attached hydrogen (secondary N) is 1. The Kier molecular flexibility index (Phi) is 4.71. The van der Waals surface area contributed by atoms with Crippen molar-refractivity contribution in [3.05, 3.63) is 0 Å². The molecule has 1 aliphatic heterocycles. The first-order valence-corrected chi connectivity index (χ1v) is 6.10. The lowest BCUT2D eigenvalue weighted by Crippen LogP contribution is -2.55. The van der Waals surface area contributed by atoms with E-state index in [1.165, 1.54) is 11.8 Å². The number of rotatable bonds is 4. The minimum atomic E-state index is -0.439. The van der Waals surface area contributed by atoms with Gasteiger partial charge in [0.25, 0.3) is 0 Å². The predicted octanol–water partition coefficient (Wildman–Crippen LogP) is 0.00710. The number of carbonyl (C=O) groups is 1. The lowest BCUT2D eigenvalue weighted by Gasteiger charge is -2.36. The zero-order valence-corrected chi connectivity index (χ0v) is 9.23. The van der Waals surface area contributed by atoms with E-state index in [1.807, 2.05) is 6.26 Å². The van der Waals surface area contributed by atoms with Crippen LogP contribution in [0.4, 0.5) is 0 Å². The summed E-state index contributed by atoms with van der Waals surface area (Å²) in [6.07, 6.45) is 3.28. The van der Waals surface area contributed by atoms with Crippen molar-refractivity contribution in [2.75, 3.05) is 31.8 Å². The molecule has 1 rings (SSSR count). The summed E-state index contributed by atoms with van der Waals surface area (Å²) in [5.74, 6) is 0.441. The van der Waals surface area contributed by atoms with Crippen LogP contribution in [0.5, 0.6) is 0 Å². The molecule has 1 heterocycles. The maximum atomic E-state index is 11.4. The van der Waals surface area contributed by atoms with Crippen LogP contribution >= 0.6 is 11.8 Å². The molecule has 0 radical (unpaired) electrons. The zero-order valence-electron chi connectivity index (χ0n) is 8.41. The molecule has 1 fully saturated rings. The van der Waals surface area contributed by atoms with E-state index in [4.69, 9.17) is 4.74 Å². The molecule has 14 heavy (non-hydrogen) atoms. The molecule has 0 aromatic rings. The van der Waals surface area contributed by atoms with Gasteiger partial charge in [0, 0.05) is 13.2 Å². The molecule has 5 heteroatoms. The molecule has 0 aliphatic carbocycles. The molecule has 1 amide bonds. The zero-order chi connectivity index (χ0) is 10.4. The third kappa shape index (κ3) is 3.15. The van der Waals surface area contributed by atoms with E-state index in [2.05, 4.69) is 5.32 Å². The molecule has 1 saturated heterocycles. The van der Waals surface area contributed by atoms with Gasteiger partial charge in [0.15, 0.2) is 0 Å². The summed E-state index contributed by atoms with van der Waals surface area (Å²) in [4.78, 5) is 11.4. The van der Waals surface area contributed by atoms with E-state index < -0.39 is 5.54 Å². The Morgan fingerprint density at radius 1 is 1.57 bits per heavy atom.